The molecule has 4 heteroatoms. The number of nitrogens with one attached hydrogen (secondary N) is 1. The van der Waals surface area contributed by atoms with Crippen LogP contribution in [0.5, 0.6) is 11.5 Å². The van der Waals surface area contributed by atoms with E-state index in [1.807, 2.05) is 38.1 Å². The highest BCUT2D eigenvalue weighted by Crippen LogP contribution is 2.28. The molecular weight excluding hydrogens is 254 g/mol. The van der Waals surface area contributed by atoms with Crippen LogP contribution in [0.3, 0.4) is 0 Å². The van der Waals surface area contributed by atoms with Gasteiger partial charge in [-0.05, 0) is 24.1 Å². The topological polar surface area (TPSA) is 50.7 Å². The number of methoxy groups -OCH3 is 1. The molecule has 0 aromatic heterocycles. The van der Waals surface area contributed by atoms with Crippen molar-refractivity contribution in [3.05, 3.63) is 36.4 Å². The zero-order chi connectivity index (χ0) is 15.0. The van der Waals surface area contributed by atoms with Gasteiger partial charge in [-0.15, -0.1) is 6.58 Å². The van der Waals surface area contributed by atoms with Crippen molar-refractivity contribution in [3.8, 4) is 11.5 Å². The van der Waals surface area contributed by atoms with Crippen LogP contribution in [-0.2, 0) is 6.42 Å². The molecule has 0 radical (unpaired) electrons. The van der Waals surface area contributed by atoms with Crippen LogP contribution in [0, 0.1) is 0 Å². The fourth-order valence-electron chi connectivity index (χ4n) is 1.74. The standard InChI is InChI=1S/C16H25NO3/c1-5-6-13-7-8-15(16(9-13)19-4)20-11-14(18)10-17-12(2)3/h5,7-9,12,14,17-18H,1,6,10-11H2,2-4H3. The average Bonchev–Trinajstić information content (AvgIpc) is 2.43. The minimum atomic E-state index is -0.546. The maximum absolute atomic E-state index is 9.82. The van der Waals surface area contributed by atoms with Crippen LogP contribution in [0.2, 0.25) is 0 Å². The zero-order valence-corrected chi connectivity index (χ0v) is 12.6. The quantitative estimate of drug-likeness (QED) is 0.680. The number of hydrogen-bond acceptors (Lipinski definition) is 4. The van der Waals surface area contributed by atoms with Crippen LogP contribution < -0.4 is 14.8 Å². The second kappa shape index (κ2) is 8.61. The lowest BCUT2D eigenvalue weighted by Gasteiger charge is -2.16. The Hall–Kier alpha value is -1.52. The molecule has 0 bridgehead atoms. The third-order valence-electron chi connectivity index (χ3n) is 2.80. The number of allylic oxidation sites excluding steroid dienone is 1. The predicted molar refractivity (Wildman–Crippen MR) is 81.5 cm³/mol. The van der Waals surface area contributed by atoms with E-state index in [0.717, 1.165) is 12.0 Å². The van der Waals surface area contributed by atoms with Gasteiger partial charge in [0.05, 0.1) is 7.11 Å². The summed E-state index contributed by atoms with van der Waals surface area (Å²) in [7, 11) is 1.61. The summed E-state index contributed by atoms with van der Waals surface area (Å²) in [6, 6.07) is 6.10. The van der Waals surface area contributed by atoms with Crippen molar-refractivity contribution in [1.82, 2.24) is 5.32 Å². The molecular formula is C16H25NO3. The Balaban J connectivity index is 2.56. The first-order valence-corrected chi connectivity index (χ1v) is 6.88. The monoisotopic (exact) mass is 279 g/mol. The van der Waals surface area contributed by atoms with Gasteiger partial charge in [0.15, 0.2) is 11.5 Å². The van der Waals surface area contributed by atoms with Gasteiger partial charge >= 0.3 is 0 Å². The van der Waals surface area contributed by atoms with Crippen molar-refractivity contribution >= 4 is 0 Å². The Morgan fingerprint density at radius 3 is 2.70 bits per heavy atom. The van der Waals surface area contributed by atoms with Gasteiger partial charge in [-0.25, -0.2) is 0 Å². The lowest BCUT2D eigenvalue weighted by atomic mass is 10.1. The van der Waals surface area contributed by atoms with E-state index in [1.54, 1.807) is 7.11 Å². The summed E-state index contributed by atoms with van der Waals surface area (Å²) >= 11 is 0. The highest BCUT2D eigenvalue weighted by atomic mass is 16.5. The molecule has 2 N–H and O–H groups in total. The largest absolute Gasteiger partial charge is 0.493 e. The molecule has 0 amide bonds. The second-order valence-corrected chi connectivity index (χ2v) is 5.01. The Kier molecular flexibility index (Phi) is 7.12. The van der Waals surface area contributed by atoms with Crippen molar-refractivity contribution in [1.29, 1.82) is 0 Å². The molecule has 0 saturated carbocycles. The van der Waals surface area contributed by atoms with E-state index >= 15 is 0 Å². The summed E-state index contributed by atoms with van der Waals surface area (Å²) in [5.74, 6) is 1.32. The molecule has 20 heavy (non-hydrogen) atoms. The van der Waals surface area contributed by atoms with Crippen molar-refractivity contribution in [2.45, 2.75) is 32.4 Å². The number of aliphatic hydroxyl groups excluding tert-OH is 1. The summed E-state index contributed by atoms with van der Waals surface area (Å²) < 4.78 is 10.9. The maximum atomic E-state index is 9.82. The van der Waals surface area contributed by atoms with Crippen molar-refractivity contribution in [2.24, 2.45) is 0 Å². The first-order chi connectivity index (χ1) is 9.56. The van der Waals surface area contributed by atoms with Gasteiger partial charge < -0.3 is 19.9 Å². The number of hydrogen-bond donors (Lipinski definition) is 2. The third kappa shape index (κ3) is 5.63. The van der Waals surface area contributed by atoms with Crippen LogP contribution >= 0.6 is 0 Å². The normalized spacial score (nSPS) is 12.2. The third-order valence-corrected chi connectivity index (χ3v) is 2.80. The Bertz CT molecular complexity index is 418. The molecule has 4 nitrogen and oxygen atoms in total. The lowest BCUT2D eigenvalue weighted by Crippen LogP contribution is -2.35. The summed E-state index contributed by atoms with van der Waals surface area (Å²) in [6.07, 6.45) is 2.09. The SMILES string of the molecule is C=CCc1ccc(OCC(O)CNC(C)C)c(OC)c1. The molecule has 1 atom stereocenters. The van der Waals surface area contributed by atoms with E-state index in [1.165, 1.54) is 0 Å². The number of aliphatic hydroxyl groups is 1. The number of benzene rings is 1. The molecule has 1 aromatic rings. The molecule has 1 unspecified atom stereocenters. The molecule has 112 valence electrons. The Morgan fingerprint density at radius 2 is 2.10 bits per heavy atom. The van der Waals surface area contributed by atoms with Gasteiger partial charge in [0, 0.05) is 12.6 Å². The molecule has 0 aliphatic carbocycles. The van der Waals surface area contributed by atoms with Crippen LogP contribution in [0.4, 0.5) is 0 Å². The Labute approximate surface area is 121 Å². The van der Waals surface area contributed by atoms with Crippen molar-refractivity contribution in [3.63, 3.8) is 0 Å². The minimum Gasteiger partial charge on any atom is -0.493 e. The van der Waals surface area contributed by atoms with E-state index in [-0.39, 0.29) is 6.61 Å². The summed E-state index contributed by atoms with van der Waals surface area (Å²) in [5.41, 5.74) is 1.12. The van der Waals surface area contributed by atoms with Gasteiger partial charge in [-0.3, -0.25) is 0 Å². The van der Waals surface area contributed by atoms with E-state index in [2.05, 4.69) is 11.9 Å². The zero-order valence-electron chi connectivity index (χ0n) is 12.6. The highest BCUT2D eigenvalue weighted by molar-refractivity contribution is 5.43. The van der Waals surface area contributed by atoms with Gasteiger partial charge in [-0.1, -0.05) is 26.0 Å². The molecule has 0 saturated heterocycles. The van der Waals surface area contributed by atoms with E-state index in [0.29, 0.717) is 24.1 Å². The summed E-state index contributed by atoms with van der Waals surface area (Å²) in [5, 5.41) is 13.0. The smallest absolute Gasteiger partial charge is 0.161 e. The summed E-state index contributed by atoms with van der Waals surface area (Å²) in [6.45, 7) is 8.53. The Morgan fingerprint density at radius 1 is 1.35 bits per heavy atom. The van der Waals surface area contributed by atoms with Gasteiger partial charge in [0.2, 0.25) is 0 Å². The second-order valence-electron chi connectivity index (χ2n) is 5.01. The van der Waals surface area contributed by atoms with Crippen LogP contribution in [0.25, 0.3) is 0 Å². The van der Waals surface area contributed by atoms with Crippen LogP contribution in [0.15, 0.2) is 30.9 Å². The molecule has 1 rings (SSSR count). The first kappa shape index (κ1) is 16.5. The average molecular weight is 279 g/mol. The van der Waals surface area contributed by atoms with Crippen LogP contribution in [0.1, 0.15) is 19.4 Å². The van der Waals surface area contributed by atoms with Crippen molar-refractivity contribution < 1.29 is 14.6 Å². The molecule has 0 aliphatic rings. The molecule has 0 spiro atoms. The van der Waals surface area contributed by atoms with Gasteiger partial charge in [0.1, 0.15) is 12.7 Å². The van der Waals surface area contributed by atoms with E-state index < -0.39 is 6.10 Å². The molecule has 0 fully saturated rings. The fourth-order valence-corrected chi connectivity index (χ4v) is 1.74. The minimum absolute atomic E-state index is 0.233. The van der Waals surface area contributed by atoms with E-state index in [4.69, 9.17) is 9.47 Å². The van der Waals surface area contributed by atoms with Gasteiger partial charge in [-0.2, -0.15) is 0 Å². The highest BCUT2D eigenvalue weighted by Gasteiger charge is 2.09. The van der Waals surface area contributed by atoms with Gasteiger partial charge in [0.25, 0.3) is 0 Å². The molecule has 0 aliphatic heterocycles. The number of rotatable bonds is 9. The van der Waals surface area contributed by atoms with Crippen molar-refractivity contribution in [2.75, 3.05) is 20.3 Å². The predicted octanol–water partition coefficient (Wildman–Crippen LogP) is 2.16. The fraction of sp³-hybridized carbons (Fsp3) is 0.500. The maximum Gasteiger partial charge on any atom is 0.161 e. The summed E-state index contributed by atoms with van der Waals surface area (Å²) in [4.78, 5) is 0. The number of ether oxygens (including phenoxy) is 2. The first-order valence-electron chi connectivity index (χ1n) is 6.88. The molecule has 1 aromatic carbocycles. The van der Waals surface area contributed by atoms with E-state index in [9.17, 15) is 5.11 Å². The van der Waals surface area contributed by atoms with Crippen LogP contribution in [-0.4, -0.2) is 37.5 Å². The molecule has 0 heterocycles. The lowest BCUT2D eigenvalue weighted by molar-refractivity contribution is 0.103.